The molecule has 0 radical (unpaired) electrons. The number of carboxylic acid groups (broad SMARTS) is 1. The van der Waals surface area contributed by atoms with Crippen molar-refractivity contribution in [2.75, 3.05) is 13.6 Å². The molecule has 1 saturated heterocycles. The maximum absolute atomic E-state index is 12.9. The number of piperidine rings is 1. The van der Waals surface area contributed by atoms with Gasteiger partial charge in [0.1, 0.15) is 5.76 Å². The second kappa shape index (κ2) is 8.98. The first-order valence-electron chi connectivity index (χ1n) is 12.3. The van der Waals surface area contributed by atoms with Crippen LogP contribution in [0.2, 0.25) is 0 Å². The SMILES string of the molecule is CC(=O)O[C@@H](CC(=O)O[C@@H](C)C(=O)OC1=CC[C@@]2(O)[C@@H]3Cc4ccc(O)c5c4[C@@]2(CCN3C)[C@H]1O5)C(=O)O. The summed E-state index contributed by atoms with van der Waals surface area (Å²) in [5.74, 6) is -4.09. The van der Waals surface area contributed by atoms with Gasteiger partial charge in [0.2, 0.25) is 6.10 Å². The van der Waals surface area contributed by atoms with Crippen molar-refractivity contribution >= 4 is 23.9 Å². The first kappa shape index (κ1) is 26.0. The van der Waals surface area contributed by atoms with Crippen LogP contribution in [0.15, 0.2) is 24.0 Å². The summed E-state index contributed by atoms with van der Waals surface area (Å²) in [6.07, 6.45) is -2.01. The van der Waals surface area contributed by atoms with E-state index >= 15 is 0 Å². The zero-order valence-electron chi connectivity index (χ0n) is 21.1. The van der Waals surface area contributed by atoms with E-state index in [2.05, 4.69) is 9.64 Å². The van der Waals surface area contributed by atoms with Crippen LogP contribution in [0.25, 0.3) is 0 Å². The molecule has 6 atom stereocenters. The number of phenols is 1. The molecule has 38 heavy (non-hydrogen) atoms. The van der Waals surface area contributed by atoms with Crippen molar-refractivity contribution in [3.63, 3.8) is 0 Å². The van der Waals surface area contributed by atoms with E-state index in [-0.39, 0.29) is 29.7 Å². The molecule has 12 nitrogen and oxygen atoms in total. The van der Waals surface area contributed by atoms with Crippen LogP contribution in [-0.2, 0) is 45.2 Å². The zero-order chi connectivity index (χ0) is 27.6. The van der Waals surface area contributed by atoms with Crippen LogP contribution in [-0.4, -0.2) is 87.6 Å². The van der Waals surface area contributed by atoms with Crippen LogP contribution in [0, 0.1) is 0 Å². The Balaban J connectivity index is 1.37. The van der Waals surface area contributed by atoms with Crippen molar-refractivity contribution in [3.05, 3.63) is 35.1 Å². The maximum Gasteiger partial charge on any atom is 0.352 e. The summed E-state index contributed by atoms with van der Waals surface area (Å²) >= 11 is 0. The Morgan fingerprint density at radius 3 is 2.66 bits per heavy atom. The number of likely N-dealkylation sites (N-methyl/N-ethyl adjacent to an activating group) is 1. The molecule has 0 amide bonds. The van der Waals surface area contributed by atoms with Crippen molar-refractivity contribution in [2.24, 2.45) is 0 Å². The largest absolute Gasteiger partial charge is 0.504 e. The number of aliphatic hydroxyl groups is 1. The Bertz CT molecular complexity index is 1260. The van der Waals surface area contributed by atoms with E-state index in [1.807, 2.05) is 13.1 Å². The first-order chi connectivity index (χ1) is 17.9. The summed E-state index contributed by atoms with van der Waals surface area (Å²) in [6, 6.07) is 3.18. The fraction of sp³-hybridized carbons (Fsp3) is 0.538. The molecule has 204 valence electrons. The van der Waals surface area contributed by atoms with Gasteiger partial charge in [-0.05, 0) is 51.1 Å². The number of nitrogens with zero attached hydrogens (tertiary/aromatic N) is 1. The highest BCUT2D eigenvalue weighted by molar-refractivity contribution is 5.85. The molecule has 4 aliphatic rings. The minimum atomic E-state index is -1.75. The van der Waals surface area contributed by atoms with Gasteiger partial charge in [-0.15, -0.1) is 0 Å². The van der Waals surface area contributed by atoms with Gasteiger partial charge in [0.25, 0.3) is 0 Å². The standard InChI is InChI=1S/C26H29NO11/c1-12(35-19(30)11-17(23(31)32)36-13(2)28)24(33)37-16-6-7-26(34)18-10-14-4-5-15(29)21-20(14)25(26,22(16)38-21)8-9-27(18)3/h4-6,12,17-18,22,29,34H,7-11H2,1-3H3,(H,31,32)/t12-,17-,18-,22-,25-,26+/m0/s1. The summed E-state index contributed by atoms with van der Waals surface area (Å²) in [5.41, 5.74) is -0.486. The fourth-order valence-electron chi connectivity index (χ4n) is 6.46. The molecule has 2 bridgehead atoms. The normalized spacial score (nSPS) is 30.2. The Morgan fingerprint density at radius 2 is 1.97 bits per heavy atom. The minimum Gasteiger partial charge on any atom is -0.504 e. The molecule has 3 N–H and O–H groups in total. The van der Waals surface area contributed by atoms with E-state index in [0.717, 1.165) is 18.1 Å². The van der Waals surface area contributed by atoms with E-state index in [4.69, 9.17) is 19.3 Å². The summed E-state index contributed by atoms with van der Waals surface area (Å²) < 4.78 is 21.5. The lowest BCUT2D eigenvalue weighted by atomic mass is 9.50. The summed E-state index contributed by atoms with van der Waals surface area (Å²) in [5, 5.41) is 31.8. The molecule has 0 unspecified atom stereocenters. The number of rotatable bonds is 7. The Morgan fingerprint density at radius 1 is 1.24 bits per heavy atom. The van der Waals surface area contributed by atoms with E-state index < -0.39 is 59.6 Å². The number of ether oxygens (including phenoxy) is 4. The van der Waals surface area contributed by atoms with Gasteiger partial charge < -0.3 is 39.2 Å². The fourth-order valence-corrected chi connectivity index (χ4v) is 6.46. The molecule has 1 aromatic rings. The van der Waals surface area contributed by atoms with Gasteiger partial charge in [-0.25, -0.2) is 9.59 Å². The van der Waals surface area contributed by atoms with Crippen molar-refractivity contribution in [3.8, 4) is 11.5 Å². The number of carbonyl (C=O) groups is 4. The van der Waals surface area contributed by atoms with E-state index in [9.17, 15) is 29.4 Å². The zero-order valence-corrected chi connectivity index (χ0v) is 21.1. The molecule has 0 aromatic heterocycles. The van der Waals surface area contributed by atoms with Gasteiger partial charge in [-0.3, -0.25) is 9.59 Å². The highest BCUT2D eigenvalue weighted by Gasteiger charge is 2.72. The van der Waals surface area contributed by atoms with Gasteiger partial charge in [0.05, 0.1) is 17.4 Å². The lowest BCUT2D eigenvalue weighted by Gasteiger charge is -2.61. The van der Waals surface area contributed by atoms with E-state index in [1.165, 1.54) is 6.92 Å². The van der Waals surface area contributed by atoms with Crippen LogP contribution in [0.1, 0.15) is 44.2 Å². The number of likely N-dealkylation sites (tertiary alicyclic amines) is 1. The third kappa shape index (κ3) is 3.73. The third-order valence-corrected chi connectivity index (χ3v) is 8.15. The Labute approximate surface area is 217 Å². The molecule has 12 heteroatoms. The molecule has 1 spiro atoms. The molecular formula is C26H29NO11. The van der Waals surface area contributed by atoms with E-state index in [0.29, 0.717) is 19.4 Å². The molecule has 0 saturated carbocycles. The second-order valence-electron chi connectivity index (χ2n) is 10.3. The lowest BCUT2D eigenvalue weighted by molar-refractivity contribution is -0.177. The Hall–Kier alpha value is -3.64. The number of aromatic hydroxyl groups is 1. The molecular weight excluding hydrogens is 502 g/mol. The van der Waals surface area contributed by atoms with Gasteiger partial charge in [0, 0.05) is 24.9 Å². The predicted molar refractivity (Wildman–Crippen MR) is 126 cm³/mol. The van der Waals surface area contributed by atoms with Crippen molar-refractivity contribution in [1.29, 1.82) is 0 Å². The molecule has 5 rings (SSSR count). The van der Waals surface area contributed by atoms with Crippen molar-refractivity contribution in [2.45, 2.75) is 74.9 Å². The van der Waals surface area contributed by atoms with Crippen LogP contribution >= 0.6 is 0 Å². The van der Waals surface area contributed by atoms with Crippen LogP contribution in [0.5, 0.6) is 11.5 Å². The average Bonchev–Trinajstić information content (AvgIpc) is 3.20. The quantitative estimate of drug-likeness (QED) is 0.330. The van der Waals surface area contributed by atoms with Gasteiger partial charge >= 0.3 is 23.9 Å². The van der Waals surface area contributed by atoms with Crippen molar-refractivity contribution in [1.82, 2.24) is 4.90 Å². The number of hydrogen-bond acceptors (Lipinski definition) is 11. The van der Waals surface area contributed by atoms with Gasteiger partial charge in [0.15, 0.2) is 23.7 Å². The molecule has 2 aliphatic carbocycles. The first-order valence-corrected chi connectivity index (χ1v) is 12.3. The third-order valence-electron chi connectivity index (χ3n) is 8.15. The number of carbonyl (C=O) groups excluding carboxylic acids is 3. The minimum absolute atomic E-state index is 0.0685. The summed E-state index contributed by atoms with van der Waals surface area (Å²) in [4.78, 5) is 49.6. The average molecular weight is 532 g/mol. The summed E-state index contributed by atoms with van der Waals surface area (Å²) in [7, 11) is 1.96. The molecule has 1 aromatic carbocycles. The molecule has 2 heterocycles. The number of hydrogen-bond donors (Lipinski definition) is 3. The maximum atomic E-state index is 12.9. The number of aliphatic carboxylic acids is 1. The van der Waals surface area contributed by atoms with Gasteiger partial charge in [-0.2, -0.15) is 0 Å². The highest BCUT2D eigenvalue weighted by Crippen LogP contribution is 2.65. The van der Waals surface area contributed by atoms with Crippen LogP contribution < -0.4 is 4.74 Å². The van der Waals surface area contributed by atoms with Crippen LogP contribution in [0.3, 0.4) is 0 Å². The number of esters is 3. The second-order valence-corrected chi connectivity index (χ2v) is 10.3. The predicted octanol–water partition coefficient (Wildman–Crippen LogP) is 0.551. The lowest BCUT2D eigenvalue weighted by Crippen LogP contribution is -2.74. The monoisotopic (exact) mass is 531 g/mol. The van der Waals surface area contributed by atoms with E-state index in [1.54, 1.807) is 12.1 Å². The topological polar surface area (TPSA) is 169 Å². The number of benzene rings is 1. The van der Waals surface area contributed by atoms with Gasteiger partial charge in [-0.1, -0.05) is 6.07 Å². The highest BCUT2D eigenvalue weighted by atomic mass is 16.6. The smallest absolute Gasteiger partial charge is 0.352 e. The van der Waals surface area contributed by atoms with Crippen molar-refractivity contribution < 1.29 is 53.4 Å². The Kier molecular flexibility index (Phi) is 6.14. The number of phenolic OH excluding ortho intramolecular Hbond substituents is 1. The number of carboxylic acids is 1. The molecule has 1 fully saturated rings. The summed E-state index contributed by atoms with van der Waals surface area (Å²) in [6.45, 7) is 2.93. The molecule has 2 aliphatic heterocycles. The van der Waals surface area contributed by atoms with Crippen LogP contribution in [0.4, 0.5) is 0 Å².